The SMILES string of the molecule is COC[C@H]1CCCN(N)C1. The molecule has 0 bridgehead atoms. The average molecular weight is 144 g/mol. The summed E-state index contributed by atoms with van der Waals surface area (Å²) in [5.41, 5.74) is 0. The average Bonchev–Trinajstić information content (AvgIpc) is 1.88. The topological polar surface area (TPSA) is 38.5 Å². The monoisotopic (exact) mass is 144 g/mol. The van der Waals surface area contributed by atoms with E-state index < -0.39 is 0 Å². The smallest absolute Gasteiger partial charge is 0.0503 e. The van der Waals surface area contributed by atoms with Crippen LogP contribution in [0.5, 0.6) is 0 Å². The fraction of sp³-hybridized carbons (Fsp3) is 1.00. The van der Waals surface area contributed by atoms with Crippen molar-refractivity contribution in [3.8, 4) is 0 Å². The van der Waals surface area contributed by atoms with Crippen molar-refractivity contribution in [2.24, 2.45) is 11.8 Å². The second-order valence-electron chi connectivity index (χ2n) is 2.96. The lowest BCUT2D eigenvalue weighted by Crippen LogP contribution is -2.41. The van der Waals surface area contributed by atoms with E-state index in [0.717, 1.165) is 19.7 Å². The third kappa shape index (κ3) is 2.25. The number of piperidine rings is 1. The summed E-state index contributed by atoms with van der Waals surface area (Å²) in [5.74, 6) is 6.29. The van der Waals surface area contributed by atoms with E-state index >= 15 is 0 Å². The van der Waals surface area contributed by atoms with Gasteiger partial charge in [-0.25, -0.2) is 5.01 Å². The Balaban J connectivity index is 2.18. The van der Waals surface area contributed by atoms with Crippen molar-refractivity contribution >= 4 is 0 Å². The fourth-order valence-corrected chi connectivity index (χ4v) is 1.47. The lowest BCUT2D eigenvalue weighted by atomic mass is 10.0. The Morgan fingerprint density at radius 1 is 1.70 bits per heavy atom. The van der Waals surface area contributed by atoms with Gasteiger partial charge in [-0.15, -0.1) is 0 Å². The number of hydrogen-bond acceptors (Lipinski definition) is 3. The molecule has 3 heteroatoms. The number of nitrogens with zero attached hydrogens (tertiary/aromatic N) is 1. The van der Waals surface area contributed by atoms with Gasteiger partial charge < -0.3 is 4.74 Å². The van der Waals surface area contributed by atoms with E-state index in [1.807, 2.05) is 5.01 Å². The number of methoxy groups -OCH3 is 1. The predicted molar refractivity (Wildman–Crippen MR) is 40.4 cm³/mol. The number of hydrogen-bond donors (Lipinski definition) is 1. The Morgan fingerprint density at radius 2 is 2.50 bits per heavy atom. The van der Waals surface area contributed by atoms with Gasteiger partial charge in [0.2, 0.25) is 0 Å². The van der Waals surface area contributed by atoms with Crippen molar-refractivity contribution in [2.75, 3.05) is 26.8 Å². The zero-order valence-corrected chi connectivity index (χ0v) is 6.55. The van der Waals surface area contributed by atoms with Gasteiger partial charge in [-0.1, -0.05) is 0 Å². The molecule has 1 fully saturated rings. The van der Waals surface area contributed by atoms with Crippen LogP contribution in [0.1, 0.15) is 12.8 Å². The standard InChI is InChI=1S/C7H16N2O/c1-10-6-7-3-2-4-9(8)5-7/h7H,2-6,8H2,1H3/t7-/m0/s1. The highest BCUT2D eigenvalue weighted by Gasteiger charge is 2.16. The van der Waals surface area contributed by atoms with Gasteiger partial charge >= 0.3 is 0 Å². The minimum atomic E-state index is 0.656. The minimum absolute atomic E-state index is 0.656. The zero-order chi connectivity index (χ0) is 7.40. The van der Waals surface area contributed by atoms with Crippen molar-refractivity contribution < 1.29 is 4.74 Å². The molecule has 0 aromatic rings. The summed E-state index contributed by atoms with van der Waals surface area (Å²) < 4.78 is 5.05. The Morgan fingerprint density at radius 3 is 3.10 bits per heavy atom. The Labute approximate surface area is 62.1 Å². The molecular weight excluding hydrogens is 128 g/mol. The molecule has 0 amide bonds. The molecule has 1 heterocycles. The van der Waals surface area contributed by atoms with Gasteiger partial charge in [-0.3, -0.25) is 5.84 Å². The second-order valence-corrected chi connectivity index (χ2v) is 2.96. The van der Waals surface area contributed by atoms with Gasteiger partial charge in [-0.05, 0) is 18.8 Å². The van der Waals surface area contributed by atoms with Crippen LogP contribution >= 0.6 is 0 Å². The molecule has 0 spiro atoms. The fourth-order valence-electron chi connectivity index (χ4n) is 1.47. The van der Waals surface area contributed by atoms with Crippen molar-refractivity contribution in [3.05, 3.63) is 0 Å². The van der Waals surface area contributed by atoms with E-state index in [1.54, 1.807) is 7.11 Å². The van der Waals surface area contributed by atoms with Gasteiger partial charge in [0.25, 0.3) is 0 Å². The maximum absolute atomic E-state index is 5.63. The third-order valence-electron chi connectivity index (χ3n) is 1.95. The quantitative estimate of drug-likeness (QED) is 0.563. The zero-order valence-electron chi connectivity index (χ0n) is 6.55. The summed E-state index contributed by atoms with van der Waals surface area (Å²) in [7, 11) is 1.75. The lowest BCUT2D eigenvalue weighted by Gasteiger charge is -2.28. The maximum Gasteiger partial charge on any atom is 0.0503 e. The first-order valence-corrected chi connectivity index (χ1v) is 3.81. The van der Waals surface area contributed by atoms with Gasteiger partial charge in [0.05, 0.1) is 6.61 Å². The summed E-state index contributed by atoms with van der Waals surface area (Å²) in [6.45, 7) is 2.89. The highest BCUT2D eigenvalue weighted by Crippen LogP contribution is 2.13. The van der Waals surface area contributed by atoms with Gasteiger partial charge in [0, 0.05) is 20.2 Å². The first-order valence-electron chi connectivity index (χ1n) is 3.81. The summed E-state index contributed by atoms with van der Waals surface area (Å²) in [5, 5.41) is 1.88. The van der Waals surface area contributed by atoms with Crippen LogP contribution < -0.4 is 5.84 Å². The molecule has 3 nitrogen and oxygen atoms in total. The third-order valence-corrected chi connectivity index (χ3v) is 1.95. The minimum Gasteiger partial charge on any atom is -0.384 e. The van der Waals surface area contributed by atoms with Gasteiger partial charge in [0.15, 0.2) is 0 Å². The summed E-state index contributed by atoms with van der Waals surface area (Å²) >= 11 is 0. The van der Waals surface area contributed by atoms with Gasteiger partial charge in [0.1, 0.15) is 0 Å². The number of nitrogens with two attached hydrogens (primary N) is 1. The molecule has 0 unspecified atom stereocenters. The Hall–Kier alpha value is -0.120. The van der Waals surface area contributed by atoms with Crippen LogP contribution in [0.2, 0.25) is 0 Å². The van der Waals surface area contributed by atoms with Crippen molar-refractivity contribution in [2.45, 2.75) is 12.8 Å². The summed E-state index contributed by atoms with van der Waals surface area (Å²) in [6, 6.07) is 0. The van der Waals surface area contributed by atoms with Crippen LogP contribution in [0, 0.1) is 5.92 Å². The van der Waals surface area contributed by atoms with Gasteiger partial charge in [-0.2, -0.15) is 0 Å². The molecule has 60 valence electrons. The number of rotatable bonds is 2. The van der Waals surface area contributed by atoms with Crippen molar-refractivity contribution in [1.82, 2.24) is 5.01 Å². The molecule has 0 aromatic heterocycles. The molecule has 0 aromatic carbocycles. The molecule has 0 aliphatic carbocycles. The summed E-state index contributed by atoms with van der Waals surface area (Å²) in [6.07, 6.45) is 2.48. The highest BCUT2D eigenvalue weighted by atomic mass is 16.5. The highest BCUT2D eigenvalue weighted by molar-refractivity contribution is 4.68. The van der Waals surface area contributed by atoms with Crippen LogP contribution in [-0.4, -0.2) is 31.8 Å². The first-order chi connectivity index (χ1) is 4.83. The largest absolute Gasteiger partial charge is 0.384 e. The van der Waals surface area contributed by atoms with E-state index in [4.69, 9.17) is 10.6 Å². The molecular formula is C7H16N2O. The molecule has 1 aliphatic heterocycles. The van der Waals surface area contributed by atoms with E-state index in [2.05, 4.69) is 0 Å². The molecule has 10 heavy (non-hydrogen) atoms. The molecule has 2 N–H and O–H groups in total. The van der Waals surface area contributed by atoms with Crippen molar-refractivity contribution in [3.63, 3.8) is 0 Å². The normalized spacial score (nSPS) is 28.8. The van der Waals surface area contributed by atoms with Crippen molar-refractivity contribution in [1.29, 1.82) is 0 Å². The number of ether oxygens (including phenoxy) is 1. The maximum atomic E-state index is 5.63. The van der Waals surface area contributed by atoms with Crippen LogP contribution in [-0.2, 0) is 4.74 Å². The Bertz CT molecular complexity index is 95.6. The van der Waals surface area contributed by atoms with Crippen LogP contribution in [0.4, 0.5) is 0 Å². The Kier molecular flexibility index (Phi) is 3.12. The van der Waals surface area contributed by atoms with Crippen LogP contribution in [0.15, 0.2) is 0 Å². The molecule has 0 radical (unpaired) electrons. The predicted octanol–water partition coefficient (Wildman–Crippen LogP) is 0.219. The molecule has 0 saturated carbocycles. The van der Waals surface area contributed by atoms with E-state index in [0.29, 0.717) is 5.92 Å². The molecule has 1 rings (SSSR count). The number of hydrazine groups is 1. The van der Waals surface area contributed by atoms with Crippen LogP contribution in [0.25, 0.3) is 0 Å². The van der Waals surface area contributed by atoms with E-state index in [-0.39, 0.29) is 0 Å². The van der Waals surface area contributed by atoms with Crippen LogP contribution in [0.3, 0.4) is 0 Å². The first kappa shape index (κ1) is 7.98. The van der Waals surface area contributed by atoms with E-state index in [1.165, 1.54) is 12.8 Å². The summed E-state index contributed by atoms with van der Waals surface area (Å²) in [4.78, 5) is 0. The molecule has 1 aliphatic rings. The molecule has 1 atom stereocenters. The molecule has 1 saturated heterocycles. The lowest BCUT2D eigenvalue weighted by molar-refractivity contribution is 0.0910. The van der Waals surface area contributed by atoms with E-state index in [9.17, 15) is 0 Å². The second kappa shape index (κ2) is 3.91.